The number of nitrogens with one attached hydrogen (secondary N) is 1. The Bertz CT molecular complexity index is 396. The number of anilines is 1. The second-order valence-electron chi connectivity index (χ2n) is 3.35. The van der Waals surface area contributed by atoms with Gasteiger partial charge in [-0.15, -0.1) is 11.3 Å². The number of thiophene rings is 1. The third-order valence-corrected chi connectivity index (χ3v) is 2.79. The van der Waals surface area contributed by atoms with Crippen molar-refractivity contribution in [1.82, 2.24) is 4.90 Å². The SMILES string of the molecule is CN(CCN)CC(=O)Nc1sccc1C#N. The van der Waals surface area contributed by atoms with Crippen LogP contribution in [0.3, 0.4) is 0 Å². The molecule has 0 radical (unpaired) electrons. The molecule has 0 unspecified atom stereocenters. The van der Waals surface area contributed by atoms with E-state index in [-0.39, 0.29) is 12.5 Å². The standard InChI is InChI=1S/C10H14N4OS/c1-14(4-3-11)7-9(15)13-10-8(6-12)2-5-16-10/h2,5H,3-4,7,11H2,1H3,(H,13,15). The Morgan fingerprint density at radius 2 is 2.50 bits per heavy atom. The summed E-state index contributed by atoms with van der Waals surface area (Å²) in [7, 11) is 1.83. The first-order valence-corrected chi connectivity index (χ1v) is 5.71. The quantitative estimate of drug-likeness (QED) is 0.780. The summed E-state index contributed by atoms with van der Waals surface area (Å²) in [6, 6.07) is 3.71. The van der Waals surface area contributed by atoms with E-state index in [0.717, 1.165) is 0 Å². The van der Waals surface area contributed by atoms with Gasteiger partial charge in [0.25, 0.3) is 0 Å². The Morgan fingerprint density at radius 3 is 3.12 bits per heavy atom. The zero-order valence-electron chi connectivity index (χ0n) is 9.06. The molecule has 0 bridgehead atoms. The van der Waals surface area contributed by atoms with Crippen molar-refractivity contribution in [2.75, 3.05) is 32.0 Å². The number of nitrogens with two attached hydrogens (primary N) is 1. The molecule has 0 aliphatic rings. The predicted molar refractivity (Wildman–Crippen MR) is 64.2 cm³/mol. The van der Waals surface area contributed by atoms with Crippen molar-refractivity contribution in [3.63, 3.8) is 0 Å². The van der Waals surface area contributed by atoms with Crippen molar-refractivity contribution in [1.29, 1.82) is 5.26 Å². The highest BCUT2D eigenvalue weighted by Crippen LogP contribution is 2.21. The third-order valence-electron chi connectivity index (χ3n) is 1.96. The van der Waals surface area contributed by atoms with Gasteiger partial charge in [-0.05, 0) is 18.5 Å². The van der Waals surface area contributed by atoms with E-state index in [1.165, 1.54) is 11.3 Å². The van der Waals surface area contributed by atoms with Crippen LogP contribution in [0.25, 0.3) is 0 Å². The van der Waals surface area contributed by atoms with Crippen molar-refractivity contribution >= 4 is 22.2 Å². The normalized spacial score (nSPS) is 10.1. The molecule has 6 heteroatoms. The number of rotatable bonds is 5. The fourth-order valence-corrected chi connectivity index (χ4v) is 1.96. The Balaban J connectivity index is 2.49. The van der Waals surface area contributed by atoms with Gasteiger partial charge in [0, 0.05) is 13.1 Å². The van der Waals surface area contributed by atoms with Crippen LogP contribution >= 0.6 is 11.3 Å². The molecule has 1 amide bonds. The molecule has 0 aliphatic heterocycles. The van der Waals surface area contributed by atoms with E-state index in [1.54, 1.807) is 11.4 Å². The lowest BCUT2D eigenvalue weighted by molar-refractivity contribution is -0.117. The van der Waals surface area contributed by atoms with Gasteiger partial charge >= 0.3 is 0 Å². The number of nitrogens with zero attached hydrogens (tertiary/aromatic N) is 2. The molecule has 0 spiro atoms. The summed E-state index contributed by atoms with van der Waals surface area (Å²) >= 11 is 1.35. The zero-order chi connectivity index (χ0) is 12.0. The minimum Gasteiger partial charge on any atom is -0.329 e. The molecule has 86 valence electrons. The largest absolute Gasteiger partial charge is 0.329 e. The summed E-state index contributed by atoms with van der Waals surface area (Å²) < 4.78 is 0. The number of hydrogen-bond acceptors (Lipinski definition) is 5. The Morgan fingerprint density at radius 1 is 1.75 bits per heavy atom. The second-order valence-corrected chi connectivity index (χ2v) is 4.27. The van der Waals surface area contributed by atoms with E-state index in [4.69, 9.17) is 11.0 Å². The van der Waals surface area contributed by atoms with Crippen molar-refractivity contribution < 1.29 is 4.79 Å². The smallest absolute Gasteiger partial charge is 0.239 e. The molecule has 5 nitrogen and oxygen atoms in total. The van der Waals surface area contributed by atoms with Crippen LogP contribution in [0.1, 0.15) is 5.56 Å². The lowest BCUT2D eigenvalue weighted by atomic mass is 10.3. The van der Waals surface area contributed by atoms with Crippen molar-refractivity contribution in [3.8, 4) is 6.07 Å². The summed E-state index contributed by atoms with van der Waals surface area (Å²) in [5.41, 5.74) is 5.87. The van der Waals surface area contributed by atoms with Crippen LogP contribution in [0, 0.1) is 11.3 Å². The predicted octanol–water partition coefficient (Wildman–Crippen LogP) is 0.449. The third kappa shape index (κ3) is 3.62. The molecule has 16 heavy (non-hydrogen) atoms. The van der Waals surface area contributed by atoms with E-state index in [0.29, 0.717) is 23.7 Å². The Hall–Kier alpha value is -1.42. The molecular formula is C10H14N4OS. The van der Waals surface area contributed by atoms with E-state index in [9.17, 15) is 4.79 Å². The van der Waals surface area contributed by atoms with Gasteiger partial charge in [0.2, 0.25) is 5.91 Å². The number of amides is 1. The molecular weight excluding hydrogens is 224 g/mol. The van der Waals surface area contributed by atoms with Gasteiger partial charge < -0.3 is 11.1 Å². The summed E-state index contributed by atoms with van der Waals surface area (Å²) in [6.07, 6.45) is 0. The van der Waals surface area contributed by atoms with E-state index in [2.05, 4.69) is 5.32 Å². The minimum atomic E-state index is -0.130. The van der Waals surface area contributed by atoms with Crippen molar-refractivity contribution in [3.05, 3.63) is 17.0 Å². The zero-order valence-corrected chi connectivity index (χ0v) is 9.88. The van der Waals surface area contributed by atoms with Gasteiger partial charge in [-0.3, -0.25) is 9.69 Å². The average Bonchev–Trinajstić information content (AvgIpc) is 2.65. The molecule has 1 rings (SSSR count). The summed E-state index contributed by atoms with van der Waals surface area (Å²) in [6.45, 7) is 1.47. The molecule has 0 aromatic carbocycles. The maximum Gasteiger partial charge on any atom is 0.239 e. The van der Waals surface area contributed by atoms with Crippen molar-refractivity contribution in [2.24, 2.45) is 5.73 Å². The number of likely N-dealkylation sites (N-methyl/N-ethyl adjacent to an activating group) is 1. The van der Waals surface area contributed by atoms with Crippen LogP contribution in [0.5, 0.6) is 0 Å². The fraction of sp³-hybridized carbons (Fsp3) is 0.400. The lowest BCUT2D eigenvalue weighted by Gasteiger charge is -2.14. The highest BCUT2D eigenvalue weighted by Gasteiger charge is 2.09. The van der Waals surface area contributed by atoms with Crippen LogP contribution in [0.15, 0.2) is 11.4 Å². The lowest BCUT2D eigenvalue weighted by Crippen LogP contribution is -2.33. The molecule has 1 aromatic heterocycles. The van der Waals surface area contributed by atoms with Crippen LogP contribution in [0.4, 0.5) is 5.00 Å². The molecule has 1 aromatic rings. The summed E-state index contributed by atoms with van der Waals surface area (Å²) in [5.74, 6) is -0.130. The number of nitriles is 1. The molecule has 1 heterocycles. The first kappa shape index (κ1) is 12.6. The van der Waals surface area contributed by atoms with Crippen LogP contribution < -0.4 is 11.1 Å². The van der Waals surface area contributed by atoms with Crippen LogP contribution in [0.2, 0.25) is 0 Å². The van der Waals surface area contributed by atoms with E-state index in [1.807, 2.05) is 18.0 Å². The molecule has 0 atom stereocenters. The van der Waals surface area contributed by atoms with Gasteiger partial charge in [0.1, 0.15) is 11.1 Å². The van der Waals surface area contributed by atoms with Gasteiger partial charge in [0.15, 0.2) is 0 Å². The molecule has 0 aliphatic carbocycles. The highest BCUT2D eigenvalue weighted by atomic mass is 32.1. The summed E-state index contributed by atoms with van der Waals surface area (Å²) in [4.78, 5) is 13.4. The summed E-state index contributed by atoms with van der Waals surface area (Å²) in [5, 5.41) is 13.9. The second kappa shape index (κ2) is 6.23. The maximum atomic E-state index is 11.6. The maximum absolute atomic E-state index is 11.6. The van der Waals surface area contributed by atoms with Crippen molar-refractivity contribution in [2.45, 2.75) is 0 Å². The molecule has 3 N–H and O–H groups in total. The van der Waals surface area contributed by atoms with Gasteiger partial charge in [0.05, 0.1) is 12.1 Å². The fourth-order valence-electron chi connectivity index (χ4n) is 1.20. The number of carbonyl (C=O) groups is 1. The Kier molecular flexibility index (Phi) is 4.92. The molecule has 0 fully saturated rings. The highest BCUT2D eigenvalue weighted by molar-refractivity contribution is 7.14. The van der Waals surface area contributed by atoms with Gasteiger partial charge in [-0.1, -0.05) is 0 Å². The number of carbonyl (C=O) groups excluding carboxylic acids is 1. The Labute approximate surface area is 98.5 Å². The van der Waals surface area contributed by atoms with Crippen LogP contribution in [-0.2, 0) is 4.79 Å². The van der Waals surface area contributed by atoms with E-state index >= 15 is 0 Å². The molecule has 0 saturated heterocycles. The number of hydrogen-bond donors (Lipinski definition) is 2. The molecule has 0 saturated carbocycles. The first-order chi connectivity index (χ1) is 7.67. The minimum absolute atomic E-state index is 0.130. The first-order valence-electron chi connectivity index (χ1n) is 4.83. The van der Waals surface area contributed by atoms with Crippen LogP contribution in [-0.4, -0.2) is 37.5 Å². The average molecular weight is 238 g/mol. The van der Waals surface area contributed by atoms with E-state index < -0.39 is 0 Å². The monoisotopic (exact) mass is 238 g/mol. The van der Waals surface area contributed by atoms with Gasteiger partial charge in [-0.25, -0.2) is 0 Å². The topological polar surface area (TPSA) is 82.2 Å². The van der Waals surface area contributed by atoms with Gasteiger partial charge in [-0.2, -0.15) is 5.26 Å².